The Kier molecular flexibility index (Phi) is 5.80. The molecule has 5 nitrogen and oxygen atoms in total. The van der Waals surface area contributed by atoms with Crippen molar-refractivity contribution in [2.75, 3.05) is 11.1 Å². The number of H-pyrrole nitrogens is 1. The Morgan fingerprint density at radius 3 is 2.67 bits per heavy atom. The number of rotatable bonds is 7. The number of aromatic amines is 1. The highest BCUT2D eigenvalue weighted by molar-refractivity contribution is 7.99. The van der Waals surface area contributed by atoms with Crippen molar-refractivity contribution in [3.05, 3.63) is 35.7 Å². The summed E-state index contributed by atoms with van der Waals surface area (Å²) in [5, 5.41) is 10.4. The Morgan fingerprint density at radius 1 is 1.29 bits per heavy atom. The van der Waals surface area contributed by atoms with Gasteiger partial charge < -0.3 is 5.32 Å². The molecule has 2 rings (SSSR count). The average Bonchev–Trinajstić information content (AvgIpc) is 2.96. The molecule has 1 aromatic heterocycles. The van der Waals surface area contributed by atoms with Gasteiger partial charge in [0.1, 0.15) is 5.82 Å². The van der Waals surface area contributed by atoms with Gasteiger partial charge in [0.2, 0.25) is 11.1 Å². The van der Waals surface area contributed by atoms with Gasteiger partial charge in [0.25, 0.3) is 0 Å². The molecule has 0 bridgehead atoms. The topological polar surface area (TPSA) is 70.7 Å². The van der Waals surface area contributed by atoms with Gasteiger partial charge in [-0.15, -0.1) is 5.10 Å². The predicted molar refractivity (Wildman–Crippen MR) is 85.6 cm³/mol. The minimum Gasteiger partial charge on any atom is -0.325 e. The molecule has 0 saturated heterocycles. The van der Waals surface area contributed by atoms with Crippen LogP contribution in [0.2, 0.25) is 0 Å². The molecule has 0 saturated carbocycles. The van der Waals surface area contributed by atoms with Gasteiger partial charge in [0.15, 0.2) is 0 Å². The highest BCUT2D eigenvalue weighted by Gasteiger charge is 2.07. The summed E-state index contributed by atoms with van der Waals surface area (Å²) < 4.78 is 0. The van der Waals surface area contributed by atoms with E-state index in [9.17, 15) is 4.79 Å². The van der Waals surface area contributed by atoms with E-state index in [1.165, 1.54) is 17.3 Å². The number of aryl methyl sites for hydroxylation is 2. The van der Waals surface area contributed by atoms with Crippen LogP contribution in [0.3, 0.4) is 0 Å². The van der Waals surface area contributed by atoms with Gasteiger partial charge in [-0.05, 0) is 24.1 Å². The van der Waals surface area contributed by atoms with Crippen LogP contribution in [0.4, 0.5) is 5.69 Å². The molecule has 0 spiro atoms. The van der Waals surface area contributed by atoms with E-state index in [4.69, 9.17) is 0 Å². The number of hydrogen-bond acceptors (Lipinski definition) is 4. The third kappa shape index (κ3) is 4.90. The maximum absolute atomic E-state index is 11.9. The lowest BCUT2D eigenvalue weighted by molar-refractivity contribution is -0.113. The molecule has 0 aliphatic heterocycles. The second-order valence-corrected chi connectivity index (χ2v) is 5.64. The third-order valence-electron chi connectivity index (χ3n) is 2.95. The molecule has 2 N–H and O–H groups in total. The lowest BCUT2D eigenvalue weighted by Crippen LogP contribution is -2.14. The average molecular weight is 304 g/mol. The molecule has 0 aliphatic carbocycles. The molecule has 1 amide bonds. The van der Waals surface area contributed by atoms with Crippen molar-refractivity contribution in [3.8, 4) is 0 Å². The van der Waals surface area contributed by atoms with Crippen LogP contribution >= 0.6 is 11.8 Å². The van der Waals surface area contributed by atoms with Crippen LogP contribution in [-0.4, -0.2) is 26.8 Å². The van der Waals surface area contributed by atoms with Crippen molar-refractivity contribution in [2.45, 2.75) is 38.3 Å². The number of amides is 1. The highest BCUT2D eigenvalue weighted by Crippen LogP contribution is 2.15. The summed E-state index contributed by atoms with van der Waals surface area (Å²) in [6, 6.07) is 7.98. The third-order valence-corrected chi connectivity index (χ3v) is 3.80. The molecule has 1 heterocycles. The normalized spacial score (nSPS) is 10.6. The van der Waals surface area contributed by atoms with Crippen molar-refractivity contribution in [3.63, 3.8) is 0 Å². The van der Waals surface area contributed by atoms with E-state index in [0.29, 0.717) is 10.9 Å². The maximum Gasteiger partial charge on any atom is 0.234 e. The molecule has 0 unspecified atom stereocenters. The predicted octanol–water partition coefficient (Wildman–Crippen LogP) is 3.05. The molecule has 0 aliphatic rings. The summed E-state index contributed by atoms with van der Waals surface area (Å²) in [5.74, 6) is 1.09. The van der Waals surface area contributed by atoms with E-state index in [1.807, 2.05) is 19.1 Å². The second-order valence-electron chi connectivity index (χ2n) is 4.70. The molecule has 0 radical (unpaired) electrons. The van der Waals surface area contributed by atoms with E-state index in [1.54, 1.807) is 0 Å². The molecule has 6 heteroatoms. The number of anilines is 1. The van der Waals surface area contributed by atoms with E-state index in [0.717, 1.165) is 30.8 Å². The lowest BCUT2D eigenvalue weighted by Gasteiger charge is -2.05. The first-order valence-corrected chi connectivity index (χ1v) is 8.12. The number of aromatic nitrogens is 3. The molecule has 2 aromatic rings. The smallest absolute Gasteiger partial charge is 0.234 e. The van der Waals surface area contributed by atoms with Crippen LogP contribution in [0.1, 0.15) is 31.7 Å². The Hall–Kier alpha value is -1.82. The van der Waals surface area contributed by atoms with Crippen molar-refractivity contribution in [2.24, 2.45) is 0 Å². The molecular formula is C15H20N4OS. The standard InChI is InChI=1S/C15H20N4OS/c1-3-5-11-6-8-12(9-7-11)16-14(20)10-21-15-17-13(4-2)18-19-15/h6-9H,3-5,10H2,1-2H3,(H,16,20)(H,17,18,19). The summed E-state index contributed by atoms with van der Waals surface area (Å²) in [6.45, 7) is 4.16. The molecular weight excluding hydrogens is 284 g/mol. The van der Waals surface area contributed by atoms with E-state index >= 15 is 0 Å². The van der Waals surface area contributed by atoms with Crippen LogP contribution in [-0.2, 0) is 17.6 Å². The van der Waals surface area contributed by atoms with Gasteiger partial charge in [0, 0.05) is 12.1 Å². The fraction of sp³-hybridized carbons (Fsp3) is 0.400. The lowest BCUT2D eigenvalue weighted by atomic mass is 10.1. The quantitative estimate of drug-likeness (QED) is 0.771. The molecule has 1 aromatic carbocycles. The van der Waals surface area contributed by atoms with Crippen molar-refractivity contribution in [1.82, 2.24) is 15.2 Å². The molecule has 112 valence electrons. The SMILES string of the molecule is CCCc1ccc(NC(=O)CSc2n[nH]c(CC)n2)cc1. The summed E-state index contributed by atoms with van der Waals surface area (Å²) in [5.41, 5.74) is 2.11. The highest BCUT2D eigenvalue weighted by atomic mass is 32.2. The van der Waals surface area contributed by atoms with Gasteiger partial charge >= 0.3 is 0 Å². The minimum atomic E-state index is -0.0499. The molecule has 0 atom stereocenters. The molecule has 0 fully saturated rings. The zero-order chi connectivity index (χ0) is 15.1. The number of benzene rings is 1. The Morgan fingerprint density at radius 2 is 2.05 bits per heavy atom. The Bertz CT molecular complexity index is 580. The maximum atomic E-state index is 11.9. The van der Waals surface area contributed by atoms with E-state index < -0.39 is 0 Å². The van der Waals surface area contributed by atoms with Crippen molar-refractivity contribution in [1.29, 1.82) is 0 Å². The zero-order valence-corrected chi connectivity index (χ0v) is 13.2. The second kappa shape index (κ2) is 7.83. The van der Waals surface area contributed by atoms with Crippen LogP contribution < -0.4 is 5.32 Å². The van der Waals surface area contributed by atoms with Crippen LogP contribution in [0, 0.1) is 0 Å². The first-order chi connectivity index (χ1) is 10.2. The van der Waals surface area contributed by atoms with E-state index in [-0.39, 0.29) is 5.91 Å². The first kappa shape index (κ1) is 15.6. The van der Waals surface area contributed by atoms with Gasteiger partial charge in [-0.1, -0.05) is 44.2 Å². The fourth-order valence-electron chi connectivity index (χ4n) is 1.87. The largest absolute Gasteiger partial charge is 0.325 e. The summed E-state index contributed by atoms with van der Waals surface area (Å²) in [4.78, 5) is 16.1. The Labute approximate surface area is 128 Å². The summed E-state index contributed by atoms with van der Waals surface area (Å²) in [6.07, 6.45) is 3.00. The summed E-state index contributed by atoms with van der Waals surface area (Å²) >= 11 is 1.33. The van der Waals surface area contributed by atoms with Gasteiger partial charge in [-0.2, -0.15) is 0 Å². The monoisotopic (exact) mass is 304 g/mol. The van der Waals surface area contributed by atoms with Crippen LogP contribution in [0.25, 0.3) is 0 Å². The number of hydrogen-bond donors (Lipinski definition) is 2. The fourth-order valence-corrected chi connectivity index (χ4v) is 2.49. The number of nitrogens with zero attached hydrogens (tertiary/aromatic N) is 2. The van der Waals surface area contributed by atoms with Crippen LogP contribution in [0.15, 0.2) is 29.4 Å². The number of nitrogens with one attached hydrogen (secondary N) is 2. The number of thioether (sulfide) groups is 1. The first-order valence-electron chi connectivity index (χ1n) is 7.14. The zero-order valence-electron chi connectivity index (χ0n) is 12.3. The summed E-state index contributed by atoms with van der Waals surface area (Å²) in [7, 11) is 0. The van der Waals surface area contributed by atoms with Crippen molar-refractivity contribution < 1.29 is 4.79 Å². The van der Waals surface area contributed by atoms with Crippen molar-refractivity contribution >= 4 is 23.4 Å². The van der Waals surface area contributed by atoms with Gasteiger partial charge in [0.05, 0.1) is 5.75 Å². The van der Waals surface area contributed by atoms with Gasteiger partial charge in [-0.25, -0.2) is 4.98 Å². The Balaban J connectivity index is 1.81. The van der Waals surface area contributed by atoms with Crippen LogP contribution in [0.5, 0.6) is 0 Å². The minimum absolute atomic E-state index is 0.0499. The number of carbonyl (C=O) groups is 1. The van der Waals surface area contributed by atoms with Gasteiger partial charge in [-0.3, -0.25) is 9.89 Å². The number of carbonyl (C=O) groups excluding carboxylic acids is 1. The van der Waals surface area contributed by atoms with E-state index in [2.05, 4.69) is 39.6 Å². The molecule has 21 heavy (non-hydrogen) atoms.